The Kier molecular flexibility index (Phi) is 4.71. The number of carboxylic acids is 1. The molecular formula is C17H18N2O3S. The topological polar surface area (TPSA) is 79.3 Å². The molecule has 5 nitrogen and oxygen atoms in total. The fourth-order valence-electron chi connectivity index (χ4n) is 2.56. The highest BCUT2D eigenvalue weighted by Gasteiger charge is 2.19. The van der Waals surface area contributed by atoms with Crippen LogP contribution in [0.2, 0.25) is 0 Å². The van der Waals surface area contributed by atoms with Crippen LogP contribution in [0.1, 0.15) is 56.6 Å². The minimum absolute atomic E-state index is 0.0582. The number of carbonyl (C=O) groups excluding carboxylic acids is 1. The smallest absolute Gasteiger partial charge is 0.355 e. The van der Waals surface area contributed by atoms with Gasteiger partial charge in [-0.3, -0.25) is 4.79 Å². The van der Waals surface area contributed by atoms with Crippen molar-refractivity contribution in [2.75, 3.05) is 6.54 Å². The largest absolute Gasteiger partial charge is 0.476 e. The van der Waals surface area contributed by atoms with Gasteiger partial charge in [0.25, 0.3) is 5.91 Å². The molecule has 0 radical (unpaired) electrons. The highest BCUT2D eigenvalue weighted by Crippen LogP contribution is 2.36. The highest BCUT2D eigenvalue weighted by atomic mass is 32.1. The lowest BCUT2D eigenvalue weighted by Gasteiger charge is -2.25. The summed E-state index contributed by atoms with van der Waals surface area (Å²) in [6, 6.07) is 7.82. The van der Waals surface area contributed by atoms with E-state index in [9.17, 15) is 9.59 Å². The number of hydrogen-bond donors (Lipinski definition) is 2. The van der Waals surface area contributed by atoms with E-state index in [4.69, 9.17) is 5.11 Å². The van der Waals surface area contributed by atoms with Crippen molar-refractivity contribution in [2.24, 2.45) is 0 Å². The SMILES string of the molecule is O=C(NCCc1nc(C(=O)O)cs1)c1ccc(C2CCC2)cc1. The third-order valence-corrected chi connectivity index (χ3v) is 5.05. The van der Waals surface area contributed by atoms with Crippen LogP contribution in [0.15, 0.2) is 29.6 Å². The molecule has 0 bridgehead atoms. The number of nitrogens with zero attached hydrogens (tertiary/aromatic N) is 1. The Morgan fingerprint density at radius 2 is 2.00 bits per heavy atom. The molecule has 1 heterocycles. The predicted octanol–water partition coefficient (Wildman–Crippen LogP) is 3.08. The number of hydrogen-bond acceptors (Lipinski definition) is 4. The van der Waals surface area contributed by atoms with Crippen molar-refractivity contribution in [3.05, 3.63) is 51.5 Å². The number of carboxylic acid groups (broad SMARTS) is 1. The van der Waals surface area contributed by atoms with Crippen LogP contribution in [-0.2, 0) is 6.42 Å². The van der Waals surface area contributed by atoms with Crippen LogP contribution in [0.4, 0.5) is 0 Å². The van der Waals surface area contributed by atoms with Crippen LogP contribution in [0.3, 0.4) is 0 Å². The summed E-state index contributed by atoms with van der Waals surface area (Å²) in [6.07, 6.45) is 4.33. The van der Waals surface area contributed by atoms with Crippen molar-refractivity contribution in [3.8, 4) is 0 Å². The molecular weight excluding hydrogens is 312 g/mol. The van der Waals surface area contributed by atoms with Crippen molar-refractivity contribution >= 4 is 23.2 Å². The van der Waals surface area contributed by atoms with Crippen molar-refractivity contribution in [2.45, 2.75) is 31.6 Å². The molecule has 0 unspecified atom stereocenters. The zero-order valence-corrected chi connectivity index (χ0v) is 13.4. The number of aromatic nitrogens is 1. The van der Waals surface area contributed by atoms with Crippen LogP contribution < -0.4 is 5.32 Å². The van der Waals surface area contributed by atoms with Crippen LogP contribution in [0.25, 0.3) is 0 Å². The quantitative estimate of drug-likeness (QED) is 0.853. The van der Waals surface area contributed by atoms with Gasteiger partial charge < -0.3 is 10.4 Å². The van der Waals surface area contributed by atoms with Gasteiger partial charge in [-0.2, -0.15) is 0 Å². The summed E-state index contributed by atoms with van der Waals surface area (Å²) in [6.45, 7) is 0.440. The van der Waals surface area contributed by atoms with E-state index >= 15 is 0 Å². The second-order valence-corrected chi connectivity index (χ2v) is 6.63. The molecule has 120 valence electrons. The summed E-state index contributed by atoms with van der Waals surface area (Å²) in [5.74, 6) is -0.469. The summed E-state index contributed by atoms with van der Waals surface area (Å²) < 4.78 is 0. The van der Waals surface area contributed by atoms with Gasteiger partial charge >= 0.3 is 5.97 Å². The molecule has 23 heavy (non-hydrogen) atoms. The molecule has 1 aromatic heterocycles. The third kappa shape index (κ3) is 3.76. The van der Waals surface area contributed by atoms with E-state index in [-0.39, 0.29) is 11.6 Å². The molecule has 3 rings (SSSR count). The second kappa shape index (κ2) is 6.91. The molecule has 1 aliphatic carbocycles. The van der Waals surface area contributed by atoms with Crippen LogP contribution >= 0.6 is 11.3 Å². The molecule has 6 heteroatoms. The summed E-state index contributed by atoms with van der Waals surface area (Å²) in [5.41, 5.74) is 2.03. The lowest BCUT2D eigenvalue weighted by Crippen LogP contribution is -2.25. The van der Waals surface area contributed by atoms with Gasteiger partial charge in [-0.25, -0.2) is 9.78 Å². The van der Waals surface area contributed by atoms with Gasteiger partial charge in [0.1, 0.15) is 0 Å². The van der Waals surface area contributed by atoms with Gasteiger partial charge in [-0.1, -0.05) is 18.6 Å². The maximum atomic E-state index is 12.1. The van der Waals surface area contributed by atoms with E-state index < -0.39 is 5.97 Å². The number of carbonyl (C=O) groups is 2. The number of nitrogens with one attached hydrogen (secondary N) is 1. The molecule has 0 aliphatic heterocycles. The van der Waals surface area contributed by atoms with Gasteiger partial charge in [0.15, 0.2) is 5.69 Å². The average molecular weight is 330 g/mol. The molecule has 2 aromatic rings. The molecule has 1 aromatic carbocycles. The first kappa shape index (κ1) is 15.7. The lowest BCUT2D eigenvalue weighted by atomic mass is 9.80. The maximum Gasteiger partial charge on any atom is 0.355 e. The lowest BCUT2D eigenvalue weighted by molar-refractivity contribution is 0.0690. The summed E-state index contributed by atoms with van der Waals surface area (Å²) in [4.78, 5) is 26.8. The Morgan fingerprint density at radius 1 is 1.26 bits per heavy atom. The number of benzene rings is 1. The Labute approximate surface area is 138 Å². The van der Waals surface area contributed by atoms with Crippen molar-refractivity contribution in [1.29, 1.82) is 0 Å². The molecule has 0 atom stereocenters. The molecule has 1 fully saturated rings. The first-order valence-corrected chi connectivity index (χ1v) is 8.57. The van der Waals surface area contributed by atoms with E-state index in [2.05, 4.69) is 10.3 Å². The average Bonchev–Trinajstić information content (AvgIpc) is 2.95. The van der Waals surface area contributed by atoms with Crippen LogP contribution in [-0.4, -0.2) is 28.5 Å². The van der Waals surface area contributed by atoms with E-state index in [0.29, 0.717) is 29.5 Å². The maximum absolute atomic E-state index is 12.1. The Hall–Kier alpha value is -2.21. The number of aromatic carboxylic acids is 1. The van der Waals surface area contributed by atoms with Gasteiger partial charge in [0, 0.05) is 23.9 Å². The molecule has 0 spiro atoms. The van der Waals surface area contributed by atoms with Gasteiger partial charge in [0.05, 0.1) is 5.01 Å². The number of thiazole rings is 1. The predicted molar refractivity (Wildman–Crippen MR) is 88.1 cm³/mol. The number of rotatable bonds is 6. The molecule has 2 N–H and O–H groups in total. The van der Waals surface area contributed by atoms with Gasteiger partial charge in [-0.15, -0.1) is 11.3 Å². The molecule has 0 saturated heterocycles. The number of amides is 1. The summed E-state index contributed by atoms with van der Waals surface area (Å²) in [7, 11) is 0. The first-order valence-electron chi connectivity index (χ1n) is 7.69. The summed E-state index contributed by atoms with van der Waals surface area (Å²) in [5, 5.41) is 13.9. The fourth-order valence-corrected chi connectivity index (χ4v) is 3.33. The Balaban J connectivity index is 1.49. The Morgan fingerprint density at radius 3 is 2.57 bits per heavy atom. The van der Waals surface area contributed by atoms with Gasteiger partial charge in [0.2, 0.25) is 0 Å². The van der Waals surface area contributed by atoms with Crippen molar-refractivity contribution in [1.82, 2.24) is 10.3 Å². The third-order valence-electron chi connectivity index (χ3n) is 4.14. The van der Waals surface area contributed by atoms with Crippen molar-refractivity contribution < 1.29 is 14.7 Å². The van der Waals surface area contributed by atoms with Crippen LogP contribution in [0, 0.1) is 0 Å². The molecule has 1 saturated carbocycles. The van der Waals surface area contributed by atoms with E-state index in [1.165, 1.54) is 41.5 Å². The van der Waals surface area contributed by atoms with Crippen molar-refractivity contribution in [3.63, 3.8) is 0 Å². The second-order valence-electron chi connectivity index (χ2n) is 5.69. The zero-order valence-electron chi connectivity index (χ0n) is 12.6. The normalized spacial score (nSPS) is 14.3. The molecule has 1 amide bonds. The molecule has 1 aliphatic rings. The van der Waals surface area contributed by atoms with E-state index in [0.717, 1.165) is 0 Å². The first-order chi connectivity index (χ1) is 11.1. The zero-order chi connectivity index (χ0) is 16.2. The van der Waals surface area contributed by atoms with Crippen LogP contribution in [0.5, 0.6) is 0 Å². The van der Waals surface area contributed by atoms with E-state index in [1.807, 2.05) is 24.3 Å². The minimum atomic E-state index is -1.02. The minimum Gasteiger partial charge on any atom is -0.476 e. The Bertz CT molecular complexity index is 705. The summed E-state index contributed by atoms with van der Waals surface area (Å²) >= 11 is 1.30. The van der Waals surface area contributed by atoms with E-state index in [1.54, 1.807) is 0 Å². The monoisotopic (exact) mass is 330 g/mol. The highest BCUT2D eigenvalue weighted by molar-refractivity contribution is 7.09. The fraction of sp³-hybridized carbons (Fsp3) is 0.353. The van der Waals surface area contributed by atoms with Gasteiger partial charge in [-0.05, 0) is 36.5 Å². The standard InChI is InChI=1S/C17H18N2O3S/c20-16(13-6-4-12(5-7-13)11-2-1-3-11)18-9-8-15-19-14(10-23-15)17(21)22/h4-7,10-11H,1-3,8-9H2,(H,18,20)(H,21,22).